The molecule has 0 unspecified atom stereocenters. The summed E-state index contributed by atoms with van der Waals surface area (Å²) >= 11 is 0. The fraction of sp³-hybridized carbons (Fsp3) is 0.353. The molecule has 0 radical (unpaired) electrons. The van der Waals surface area contributed by atoms with Gasteiger partial charge in [0.1, 0.15) is 11.4 Å². The first kappa shape index (κ1) is 20.6. The lowest BCUT2D eigenvalue weighted by atomic mass is 10.1. The summed E-state index contributed by atoms with van der Waals surface area (Å²) in [5.41, 5.74) is 0.419. The Morgan fingerprint density at radius 3 is 2.44 bits per heavy atom. The molecule has 27 heavy (non-hydrogen) atoms. The molecule has 0 saturated heterocycles. The smallest absolute Gasteiger partial charge is 0.257 e. The van der Waals surface area contributed by atoms with Crippen molar-refractivity contribution in [3.05, 3.63) is 36.0 Å². The largest absolute Gasteiger partial charge is 0.372 e. The second-order valence-corrected chi connectivity index (χ2v) is 8.66. The summed E-state index contributed by atoms with van der Waals surface area (Å²) in [7, 11) is -0.558. The van der Waals surface area contributed by atoms with Crippen LogP contribution >= 0.6 is 0 Å². The van der Waals surface area contributed by atoms with E-state index in [4.69, 9.17) is 0 Å². The Bertz CT molecular complexity index is 938. The number of amides is 1. The molecule has 0 saturated carbocycles. The molecule has 1 aromatic heterocycles. The molecule has 0 bridgehead atoms. The monoisotopic (exact) mass is 392 g/mol. The molecule has 4 N–H and O–H groups in total. The summed E-state index contributed by atoms with van der Waals surface area (Å²) < 4.78 is 26.1. The van der Waals surface area contributed by atoms with E-state index in [-0.39, 0.29) is 16.8 Å². The van der Waals surface area contributed by atoms with Gasteiger partial charge in [0.25, 0.3) is 5.91 Å². The van der Waals surface area contributed by atoms with Crippen LogP contribution in [0.4, 0.5) is 17.5 Å². The van der Waals surface area contributed by atoms with E-state index in [1.54, 1.807) is 19.2 Å². The summed E-state index contributed by atoms with van der Waals surface area (Å²) in [5, 5.41) is 8.68. The summed E-state index contributed by atoms with van der Waals surface area (Å²) in [5.74, 6) is 0.291. The van der Waals surface area contributed by atoms with Gasteiger partial charge < -0.3 is 16.0 Å². The molecule has 2 rings (SSSR count). The molecule has 9 nitrogen and oxygen atoms in total. The van der Waals surface area contributed by atoms with E-state index in [9.17, 15) is 13.2 Å². The number of carbonyl (C=O) groups is 1. The molecular formula is C17H24N6O3S. The van der Waals surface area contributed by atoms with Crippen LogP contribution in [0.25, 0.3) is 0 Å². The number of aromatic nitrogens is 2. The third-order valence-corrected chi connectivity index (χ3v) is 4.84. The quantitative estimate of drug-likeness (QED) is 0.589. The van der Waals surface area contributed by atoms with Gasteiger partial charge in [-0.3, -0.25) is 4.79 Å². The molecule has 1 heterocycles. The van der Waals surface area contributed by atoms with Crippen LogP contribution in [0.15, 0.2) is 35.4 Å². The zero-order valence-electron chi connectivity index (χ0n) is 15.9. The number of sulfonamides is 1. The van der Waals surface area contributed by atoms with Crippen molar-refractivity contribution >= 4 is 33.4 Å². The van der Waals surface area contributed by atoms with Crippen LogP contribution in [0, 0.1) is 0 Å². The lowest BCUT2D eigenvalue weighted by Gasteiger charge is -2.21. The van der Waals surface area contributed by atoms with Crippen molar-refractivity contribution in [1.29, 1.82) is 0 Å². The molecule has 0 aliphatic heterocycles. The molecular weight excluding hydrogens is 368 g/mol. The number of hydrogen-bond acceptors (Lipinski definition) is 7. The van der Waals surface area contributed by atoms with Gasteiger partial charge in [-0.1, -0.05) is 6.07 Å². The fourth-order valence-electron chi connectivity index (χ4n) is 2.19. The minimum Gasteiger partial charge on any atom is -0.372 e. The number of rotatable bonds is 6. The Kier molecular flexibility index (Phi) is 6.01. The van der Waals surface area contributed by atoms with Crippen molar-refractivity contribution in [2.45, 2.75) is 31.2 Å². The molecule has 146 valence electrons. The normalized spacial score (nSPS) is 11.7. The van der Waals surface area contributed by atoms with Crippen LogP contribution in [-0.4, -0.2) is 43.9 Å². The maximum atomic E-state index is 12.4. The highest BCUT2D eigenvalue weighted by atomic mass is 32.2. The van der Waals surface area contributed by atoms with Crippen molar-refractivity contribution < 1.29 is 13.2 Å². The van der Waals surface area contributed by atoms with Gasteiger partial charge in [0.15, 0.2) is 0 Å². The van der Waals surface area contributed by atoms with E-state index in [1.165, 1.54) is 25.4 Å². The second-order valence-electron chi connectivity index (χ2n) is 6.77. The number of nitrogens with zero attached hydrogens (tertiary/aromatic N) is 2. The summed E-state index contributed by atoms with van der Waals surface area (Å²) in [6.07, 6.45) is 1.41. The summed E-state index contributed by atoms with van der Waals surface area (Å²) in [6.45, 7) is 5.65. The van der Waals surface area contributed by atoms with Crippen molar-refractivity contribution in [2.75, 3.05) is 24.7 Å². The molecule has 0 spiro atoms. The maximum Gasteiger partial charge on any atom is 0.257 e. The van der Waals surface area contributed by atoms with Crippen molar-refractivity contribution in [3.63, 3.8) is 0 Å². The maximum absolute atomic E-state index is 12.4. The van der Waals surface area contributed by atoms with Crippen LogP contribution in [0.5, 0.6) is 0 Å². The average Bonchev–Trinajstić information content (AvgIpc) is 2.60. The highest BCUT2D eigenvalue weighted by Gasteiger charge is 2.19. The van der Waals surface area contributed by atoms with Gasteiger partial charge in [-0.05, 0) is 46.0 Å². The molecule has 0 fully saturated rings. The molecule has 2 aromatic rings. The third kappa shape index (κ3) is 5.38. The molecule has 1 amide bonds. The highest BCUT2D eigenvalue weighted by molar-refractivity contribution is 7.89. The number of benzene rings is 1. The molecule has 10 heteroatoms. The van der Waals surface area contributed by atoms with Gasteiger partial charge in [0.05, 0.1) is 4.90 Å². The van der Waals surface area contributed by atoms with Crippen LogP contribution in [0.1, 0.15) is 31.1 Å². The summed E-state index contributed by atoms with van der Waals surface area (Å²) in [4.78, 5) is 20.9. The Morgan fingerprint density at radius 1 is 1.15 bits per heavy atom. The van der Waals surface area contributed by atoms with Gasteiger partial charge in [-0.2, -0.15) is 4.98 Å². The van der Waals surface area contributed by atoms with Gasteiger partial charge in [-0.25, -0.2) is 18.1 Å². The first-order chi connectivity index (χ1) is 12.6. The minimum atomic E-state index is -3.56. The minimum absolute atomic E-state index is 0.116. The van der Waals surface area contributed by atoms with E-state index in [1.807, 2.05) is 20.8 Å². The molecule has 1 aromatic carbocycles. The van der Waals surface area contributed by atoms with Crippen molar-refractivity contribution in [1.82, 2.24) is 20.0 Å². The van der Waals surface area contributed by atoms with Crippen LogP contribution in [0.3, 0.4) is 0 Å². The topological polar surface area (TPSA) is 125 Å². The predicted octanol–water partition coefficient (Wildman–Crippen LogP) is 1.70. The van der Waals surface area contributed by atoms with E-state index >= 15 is 0 Å². The Balaban J connectivity index is 2.29. The molecule has 0 atom stereocenters. The van der Waals surface area contributed by atoms with Crippen molar-refractivity contribution in [2.24, 2.45) is 0 Å². The van der Waals surface area contributed by atoms with Gasteiger partial charge >= 0.3 is 0 Å². The Labute approximate surface area is 159 Å². The Hall–Kier alpha value is -2.72. The van der Waals surface area contributed by atoms with Gasteiger partial charge in [-0.15, -0.1) is 0 Å². The van der Waals surface area contributed by atoms with Gasteiger partial charge in [0, 0.05) is 24.5 Å². The lowest BCUT2D eigenvalue weighted by molar-refractivity contribution is 0.0919. The zero-order valence-corrected chi connectivity index (χ0v) is 16.7. The molecule has 0 aliphatic carbocycles. The standard InChI is InChI=1S/C17H24N6O3S/c1-17(2,3)23-15(24)13-10-20-16(22-14(13)18-4)21-11-7-6-8-12(9-11)27(25,26)19-5/h6-10,19H,1-5H3,(H,23,24)(H2,18,20,21,22). The zero-order chi connectivity index (χ0) is 20.2. The highest BCUT2D eigenvalue weighted by Crippen LogP contribution is 2.20. The van der Waals surface area contributed by atoms with Crippen LogP contribution < -0.4 is 20.7 Å². The summed E-state index contributed by atoms with van der Waals surface area (Å²) in [6, 6.07) is 6.25. The van der Waals surface area contributed by atoms with E-state index in [2.05, 4.69) is 30.6 Å². The third-order valence-electron chi connectivity index (χ3n) is 3.43. The van der Waals surface area contributed by atoms with Crippen LogP contribution in [-0.2, 0) is 10.0 Å². The van der Waals surface area contributed by atoms with Crippen LogP contribution in [0.2, 0.25) is 0 Å². The first-order valence-corrected chi connectivity index (χ1v) is 9.72. The predicted molar refractivity (Wildman–Crippen MR) is 105 cm³/mol. The number of carbonyl (C=O) groups excluding carboxylic acids is 1. The average molecular weight is 392 g/mol. The fourth-order valence-corrected chi connectivity index (χ4v) is 2.97. The second kappa shape index (κ2) is 7.89. The number of hydrogen-bond donors (Lipinski definition) is 4. The number of anilines is 3. The van der Waals surface area contributed by atoms with Crippen molar-refractivity contribution in [3.8, 4) is 0 Å². The van der Waals surface area contributed by atoms with E-state index in [0.29, 0.717) is 17.1 Å². The Morgan fingerprint density at radius 2 is 1.85 bits per heavy atom. The van der Waals surface area contributed by atoms with E-state index < -0.39 is 15.6 Å². The molecule has 0 aliphatic rings. The SMILES string of the molecule is CNc1nc(Nc2cccc(S(=O)(=O)NC)c2)ncc1C(=O)NC(C)(C)C. The lowest BCUT2D eigenvalue weighted by Crippen LogP contribution is -2.41. The van der Waals surface area contributed by atoms with Gasteiger partial charge in [0.2, 0.25) is 16.0 Å². The van der Waals surface area contributed by atoms with E-state index in [0.717, 1.165) is 0 Å². The number of nitrogens with one attached hydrogen (secondary N) is 4. The first-order valence-electron chi connectivity index (χ1n) is 8.23.